The first-order valence-corrected chi connectivity index (χ1v) is 10.2. The van der Waals surface area contributed by atoms with Crippen molar-refractivity contribution in [2.45, 2.75) is 17.7 Å². The van der Waals surface area contributed by atoms with E-state index in [9.17, 15) is 13.2 Å². The van der Waals surface area contributed by atoms with Gasteiger partial charge < -0.3 is 5.32 Å². The minimum atomic E-state index is -3.52. The van der Waals surface area contributed by atoms with Gasteiger partial charge in [-0.1, -0.05) is 12.1 Å². The van der Waals surface area contributed by atoms with Crippen LogP contribution >= 0.6 is 22.6 Å². The summed E-state index contributed by atoms with van der Waals surface area (Å²) in [5.74, 6) is -0.324. The summed E-state index contributed by atoms with van der Waals surface area (Å²) < 4.78 is 27.7. The molecular formula is C17H17IN2O3S. The molecule has 1 heterocycles. The van der Waals surface area contributed by atoms with E-state index in [-0.39, 0.29) is 10.8 Å². The van der Waals surface area contributed by atoms with Crippen LogP contribution in [0.2, 0.25) is 0 Å². The Morgan fingerprint density at radius 2 is 1.75 bits per heavy atom. The maximum absolute atomic E-state index is 12.6. The van der Waals surface area contributed by atoms with Crippen LogP contribution in [0.4, 0.5) is 5.69 Å². The van der Waals surface area contributed by atoms with Gasteiger partial charge in [0, 0.05) is 27.9 Å². The van der Waals surface area contributed by atoms with Gasteiger partial charge in [0.2, 0.25) is 10.0 Å². The fourth-order valence-corrected chi connectivity index (χ4v) is 4.75. The molecule has 0 saturated carbocycles. The standard InChI is InChI=1S/C17H17IN2O3S/c18-14-6-4-7-15(12-14)19-17(21)13-5-3-8-16(11-13)24(22,23)20-9-1-2-10-20/h3-8,11-12H,1-2,9-10H2,(H,19,21). The molecule has 0 unspecified atom stereocenters. The second-order valence-electron chi connectivity index (χ2n) is 5.60. The lowest BCUT2D eigenvalue weighted by Crippen LogP contribution is -2.28. The lowest BCUT2D eigenvalue weighted by atomic mass is 10.2. The Balaban J connectivity index is 1.83. The Morgan fingerprint density at radius 3 is 2.46 bits per heavy atom. The number of nitrogens with zero attached hydrogens (tertiary/aromatic N) is 1. The molecule has 126 valence electrons. The largest absolute Gasteiger partial charge is 0.322 e. The van der Waals surface area contributed by atoms with Crippen molar-refractivity contribution in [3.05, 3.63) is 57.7 Å². The van der Waals surface area contributed by atoms with Gasteiger partial charge >= 0.3 is 0 Å². The van der Waals surface area contributed by atoms with E-state index in [2.05, 4.69) is 27.9 Å². The van der Waals surface area contributed by atoms with E-state index in [1.165, 1.54) is 16.4 Å². The lowest BCUT2D eigenvalue weighted by molar-refractivity contribution is 0.102. The first-order chi connectivity index (χ1) is 11.5. The molecule has 2 aromatic rings. The highest BCUT2D eigenvalue weighted by Gasteiger charge is 2.27. The highest BCUT2D eigenvalue weighted by Crippen LogP contribution is 2.22. The molecule has 1 fully saturated rings. The number of nitrogens with one attached hydrogen (secondary N) is 1. The van der Waals surface area contributed by atoms with Crippen LogP contribution in [0.15, 0.2) is 53.4 Å². The minimum Gasteiger partial charge on any atom is -0.322 e. The highest BCUT2D eigenvalue weighted by molar-refractivity contribution is 14.1. The van der Waals surface area contributed by atoms with Crippen molar-refractivity contribution in [3.63, 3.8) is 0 Å². The normalized spacial score (nSPS) is 15.4. The zero-order valence-electron chi connectivity index (χ0n) is 12.9. The van der Waals surface area contributed by atoms with E-state index >= 15 is 0 Å². The van der Waals surface area contributed by atoms with Crippen molar-refractivity contribution in [2.75, 3.05) is 18.4 Å². The van der Waals surface area contributed by atoms with Gasteiger partial charge in [0.15, 0.2) is 0 Å². The maximum Gasteiger partial charge on any atom is 0.255 e. The van der Waals surface area contributed by atoms with Gasteiger partial charge in [0.05, 0.1) is 4.90 Å². The van der Waals surface area contributed by atoms with Gasteiger partial charge in [-0.05, 0) is 71.8 Å². The summed E-state index contributed by atoms with van der Waals surface area (Å²) in [6, 6.07) is 13.6. The van der Waals surface area contributed by atoms with E-state index in [0.717, 1.165) is 16.4 Å². The van der Waals surface area contributed by atoms with Crippen molar-refractivity contribution in [1.29, 1.82) is 0 Å². The van der Waals surface area contributed by atoms with Gasteiger partial charge in [-0.15, -0.1) is 0 Å². The average Bonchev–Trinajstić information content (AvgIpc) is 3.10. The first-order valence-electron chi connectivity index (χ1n) is 7.64. The van der Waals surface area contributed by atoms with Crippen LogP contribution in [-0.4, -0.2) is 31.7 Å². The van der Waals surface area contributed by atoms with Crippen LogP contribution in [0.25, 0.3) is 0 Å². The summed E-state index contributed by atoms with van der Waals surface area (Å²) in [5, 5.41) is 2.80. The summed E-state index contributed by atoms with van der Waals surface area (Å²) in [5.41, 5.74) is 1.01. The van der Waals surface area contributed by atoms with Crippen LogP contribution in [0.1, 0.15) is 23.2 Å². The first kappa shape index (κ1) is 17.4. The van der Waals surface area contributed by atoms with Crippen LogP contribution < -0.4 is 5.32 Å². The maximum atomic E-state index is 12.6. The number of hydrogen-bond acceptors (Lipinski definition) is 3. The van der Waals surface area contributed by atoms with Crippen LogP contribution in [0, 0.1) is 3.57 Å². The number of anilines is 1. The Morgan fingerprint density at radius 1 is 1.04 bits per heavy atom. The molecule has 0 bridgehead atoms. The van der Waals surface area contributed by atoms with E-state index in [1.54, 1.807) is 18.2 Å². The molecule has 5 nitrogen and oxygen atoms in total. The summed E-state index contributed by atoms with van der Waals surface area (Å²) in [4.78, 5) is 12.6. The Labute approximate surface area is 155 Å². The second-order valence-corrected chi connectivity index (χ2v) is 8.79. The Bertz CT molecular complexity index is 862. The van der Waals surface area contributed by atoms with E-state index in [1.807, 2.05) is 18.2 Å². The molecule has 0 spiro atoms. The molecule has 0 aromatic heterocycles. The Hall–Kier alpha value is -1.45. The van der Waals surface area contributed by atoms with Gasteiger partial charge in [-0.3, -0.25) is 4.79 Å². The number of sulfonamides is 1. The second kappa shape index (κ2) is 7.20. The molecule has 1 aliphatic heterocycles. The van der Waals surface area contributed by atoms with Crippen molar-refractivity contribution in [1.82, 2.24) is 4.31 Å². The van der Waals surface area contributed by atoms with Gasteiger partial charge in [0.1, 0.15) is 0 Å². The number of benzene rings is 2. The third kappa shape index (κ3) is 3.79. The van der Waals surface area contributed by atoms with Gasteiger partial charge in [0.25, 0.3) is 5.91 Å². The van der Waals surface area contributed by atoms with Crippen molar-refractivity contribution < 1.29 is 13.2 Å². The quantitative estimate of drug-likeness (QED) is 0.718. The fourth-order valence-electron chi connectivity index (χ4n) is 2.64. The van der Waals surface area contributed by atoms with E-state index < -0.39 is 10.0 Å². The Kier molecular flexibility index (Phi) is 5.21. The molecular weight excluding hydrogens is 439 g/mol. The van der Waals surface area contributed by atoms with Crippen LogP contribution in [0.5, 0.6) is 0 Å². The summed E-state index contributed by atoms with van der Waals surface area (Å²) in [6.45, 7) is 1.09. The minimum absolute atomic E-state index is 0.166. The zero-order valence-corrected chi connectivity index (χ0v) is 15.9. The number of amides is 1. The molecule has 1 amide bonds. The monoisotopic (exact) mass is 456 g/mol. The molecule has 1 aliphatic rings. The molecule has 2 aromatic carbocycles. The molecule has 3 rings (SSSR count). The summed E-state index contributed by atoms with van der Waals surface area (Å²) >= 11 is 2.17. The number of hydrogen-bond donors (Lipinski definition) is 1. The molecule has 0 aliphatic carbocycles. The fraction of sp³-hybridized carbons (Fsp3) is 0.235. The van der Waals surface area contributed by atoms with Crippen LogP contribution in [-0.2, 0) is 10.0 Å². The van der Waals surface area contributed by atoms with Crippen molar-refractivity contribution >= 4 is 44.2 Å². The van der Waals surface area contributed by atoms with Gasteiger partial charge in [-0.25, -0.2) is 8.42 Å². The van der Waals surface area contributed by atoms with E-state index in [4.69, 9.17) is 0 Å². The van der Waals surface area contributed by atoms with Crippen molar-refractivity contribution in [3.8, 4) is 0 Å². The number of carbonyl (C=O) groups excluding carboxylic acids is 1. The van der Waals surface area contributed by atoms with E-state index in [0.29, 0.717) is 24.3 Å². The smallest absolute Gasteiger partial charge is 0.255 e. The SMILES string of the molecule is O=C(Nc1cccc(I)c1)c1cccc(S(=O)(=O)N2CCCC2)c1. The summed E-state index contributed by atoms with van der Waals surface area (Å²) in [7, 11) is -3.52. The van der Waals surface area contributed by atoms with Gasteiger partial charge in [-0.2, -0.15) is 4.31 Å². The molecule has 7 heteroatoms. The predicted octanol–water partition coefficient (Wildman–Crippen LogP) is 3.33. The molecule has 24 heavy (non-hydrogen) atoms. The highest BCUT2D eigenvalue weighted by atomic mass is 127. The number of halogens is 1. The molecule has 1 N–H and O–H groups in total. The number of carbonyl (C=O) groups is 1. The number of rotatable bonds is 4. The topological polar surface area (TPSA) is 66.5 Å². The molecule has 1 saturated heterocycles. The third-order valence-corrected chi connectivity index (χ3v) is 6.45. The third-order valence-electron chi connectivity index (χ3n) is 3.88. The average molecular weight is 456 g/mol. The molecule has 0 radical (unpaired) electrons. The predicted molar refractivity (Wildman–Crippen MR) is 102 cm³/mol. The summed E-state index contributed by atoms with van der Waals surface area (Å²) in [6.07, 6.45) is 1.76. The zero-order chi connectivity index (χ0) is 17.2. The lowest BCUT2D eigenvalue weighted by Gasteiger charge is -2.16. The molecule has 0 atom stereocenters. The van der Waals surface area contributed by atoms with Crippen LogP contribution in [0.3, 0.4) is 0 Å². The van der Waals surface area contributed by atoms with Crippen molar-refractivity contribution in [2.24, 2.45) is 0 Å².